The Balaban J connectivity index is 1.25. The lowest BCUT2D eigenvalue weighted by atomic mass is 9.62. The zero-order chi connectivity index (χ0) is 22.6. The fraction of sp³-hybridized carbons (Fsp3) is 0.407. The topological polar surface area (TPSA) is 75.6 Å². The number of amides is 1. The maximum atomic E-state index is 13.1. The van der Waals surface area contributed by atoms with Crippen LogP contribution < -0.4 is 10.1 Å². The Morgan fingerprint density at radius 3 is 1.94 bits per heavy atom. The molecule has 2 aromatic carbocycles. The van der Waals surface area contributed by atoms with Crippen LogP contribution in [0.25, 0.3) is 0 Å². The summed E-state index contributed by atoms with van der Waals surface area (Å²) in [6.07, 6.45) is 5.14. The van der Waals surface area contributed by atoms with Crippen molar-refractivity contribution >= 4 is 17.6 Å². The number of hydrogen-bond donors (Lipinski definition) is 2. The fourth-order valence-electron chi connectivity index (χ4n) is 5.56. The van der Waals surface area contributed by atoms with Crippen LogP contribution in [0, 0.1) is 35.5 Å². The highest BCUT2D eigenvalue weighted by molar-refractivity contribution is 5.96. The second kappa shape index (κ2) is 7.51. The van der Waals surface area contributed by atoms with Gasteiger partial charge in [0.05, 0.1) is 11.8 Å². The van der Waals surface area contributed by atoms with Gasteiger partial charge < -0.3 is 15.2 Å². The third-order valence-electron chi connectivity index (χ3n) is 7.32. The Hall–Kier alpha value is -3.08. The molecular formula is C27H29NO4. The van der Waals surface area contributed by atoms with E-state index >= 15 is 0 Å². The standard InChI is InChI=1S/C27H29NO4/c1-27(2,3)15-4-8-17(9-5-15)32-18-10-6-16(7-11-18)28-25(29)23-19-12-13-20(22-14-21(19)22)24(23)26(30)31/h4-13,19-24H,14H2,1-3H3,(H,28,29)(H,30,31)/t19-,20-,21-,22-,23-,24+/m1/s1. The van der Waals surface area contributed by atoms with Gasteiger partial charge in [-0.3, -0.25) is 9.59 Å². The number of aliphatic carboxylic acids is 1. The molecule has 6 rings (SSSR count). The molecule has 0 heterocycles. The number of ether oxygens (including phenoxy) is 1. The lowest BCUT2D eigenvalue weighted by Crippen LogP contribution is -2.48. The van der Waals surface area contributed by atoms with Crippen molar-refractivity contribution in [2.45, 2.75) is 32.6 Å². The van der Waals surface area contributed by atoms with Crippen LogP contribution in [0.15, 0.2) is 60.7 Å². The maximum absolute atomic E-state index is 13.1. The molecule has 2 saturated carbocycles. The molecule has 2 N–H and O–H groups in total. The Morgan fingerprint density at radius 2 is 1.41 bits per heavy atom. The van der Waals surface area contributed by atoms with Gasteiger partial charge in [0.1, 0.15) is 11.5 Å². The minimum atomic E-state index is -0.865. The van der Waals surface area contributed by atoms with Crippen molar-refractivity contribution in [1.29, 1.82) is 0 Å². The van der Waals surface area contributed by atoms with Crippen LogP contribution in [-0.2, 0) is 15.0 Å². The largest absolute Gasteiger partial charge is 0.481 e. The van der Waals surface area contributed by atoms with E-state index in [9.17, 15) is 14.7 Å². The molecule has 0 aromatic heterocycles. The van der Waals surface area contributed by atoms with Gasteiger partial charge in [-0.25, -0.2) is 0 Å². The van der Waals surface area contributed by atoms with Gasteiger partial charge in [-0.15, -0.1) is 0 Å². The molecule has 2 bridgehead atoms. The SMILES string of the molecule is CC(C)(C)c1ccc(Oc2ccc(NC(=O)[C@@H]3[C@@H]4C=C[C@H]([C@H]5C[C@H]45)[C@@H]3C(=O)O)cc2)cc1. The van der Waals surface area contributed by atoms with Crippen molar-refractivity contribution in [2.24, 2.45) is 35.5 Å². The van der Waals surface area contributed by atoms with E-state index in [2.05, 4.69) is 44.3 Å². The zero-order valence-electron chi connectivity index (χ0n) is 18.6. The molecule has 2 aromatic rings. The van der Waals surface area contributed by atoms with Crippen molar-refractivity contribution in [2.75, 3.05) is 5.32 Å². The van der Waals surface area contributed by atoms with Crippen LogP contribution in [0.2, 0.25) is 0 Å². The first-order valence-corrected chi connectivity index (χ1v) is 11.3. The average molecular weight is 432 g/mol. The van der Waals surface area contributed by atoms with Crippen LogP contribution in [0.1, 0.15) is 32.8 Å². The number of carbonyl (C=O) groups is 2. The molecule has 6 atom stereocenters. The Bertz CT molecular complexity index is 1060. The number of benzene rings is 2. The van der Waals surface area contributed by atoms with Crippen LogP contribution in [0.5, 0.6) is 11.5 Å². The number of hydrogen-bond acceptors (Lipinski definition) is 3. The molecule has 166 valence electrons. The summed E-state index contributed by atoms with van der Waals surface area (Å²) in [5.41, 5.74) is 1.98. The van der Waals surface area contributed by atoms with Crippen LogP contribution in [0.3, 0.4) is 0 Å². The van der Waals surface area contributed by atoms with Gasteiger partial charge >= 0.3 is 5.97 Å². The number of rotatable bonds is 5. The molecule has 4 aliphatic rings. The Labute approximate surface area is 188 Å². The Kier molecular flexibility index (Phi) is 4.88. The second-order valence-corrected chi connectivity index (χ2v) is 10.4. The molecule has 0 radical (unpaired) electrons. The van der Waals surface area contributed by atoms with E-state index < -0.39 is 17.8 Å². The highest BCUT2D eigenvalue weighted by atomic mass is 16.5. The summed E-state index contributed by atoms with van der Waals surface area (Å²) in [6, 6.07) is 15.3. The van der Waals surface area contributed by atoms with E-state index in [-0.39, 0.29) is 23.2 Å². The van der Waals surface area contributed by atoms with Gasteiger partial charge in [-0.05, 0) is 77.5 Å². The smallest absolute Gasteiger partial charge is 0.307 e. The molecule has 5 heteroatoms. The molecule has 2 fully saturated rings. The predicted octanol–water partition coefficient (Wildman–Crippen LogP) is 5.48. The highest BCUT2D eigenvalue weighted by Gasteiger charge is 2.62. The van der Waals surface area contributed by atoms with Crippen molar-refractivity contribution in [3.63, 3.8) is 0 Å². The van der Waals surface area contributed by atoms with Crippen molar-refractivity contribution in [3.05, 3.63) is 66.2 Å². The monoisotopic (exact) mass is 431 g/mol. The molecule has 0 aliphatic heterocycles. The lowest BCUT2D eigenvalue weighted by molar-refractivity contribution is -0.152. The van der Waals surface area contributed by atoms with Crippen LogP contribution >= 0.6 is 0 Å². The van der Waals surface area contributed by atoms with Gasteiger partial charge in [-0.1, -0.05) is 45.1 Å². The van der Waals surface area contributed by atoms with Crippen molar-refractivity contribution in [3.8, 4) is 11.5 Å². The zero-order valence-corrected chi connectivity index (χ0v) is 18.6. The maximum Gasteiger partial charge on any atom is 0.307 e. The number of fused-ring (bicyclic) bond motifs is 1. The molecule has 5 nitrogen and oxygen atoms in total. The second-order valence-electron chi connectivity index (χ2n) is 10.4. The third-order valence-corrected chi connectivity index (χ3v) is 7.32. The van der Waals surface area contributed by atoms with Crippen LogP contribution in [-0.4, -0.2) is 17.0 Å². The van der Waals surface area contributed by atoms with E-state index in [0.717, 1.165) is 12.2 Å². The quantitative estimate of drug-likeness (QED) is 0.615. The van der Waals surface area contributed by atoms with Gasteiger partial charge in [0.2, 0.25) is 5.91 Å². The fourth-order valence-corrected chi connectivity index (χ4v) is 5.56. The predicted molar refractivity (Wildman–Crippen MR) is 123 cm³/mol. The first kappa shape index (κ1) is 20.8. The van der Waals surface area contributed by atoms with Crippen LogP contribution in [0.4, 0.5) is 5.69 Å². The first-order valence-electron chi connectivity index (χ1n) is 11.3. The minimum absolute atomic E-state index is 0.0151. The number of nitrogens with one attached hydrogen (secondary N) is 1. The third kappa shape index (κ3) is 3.70. The lowest BCUT2D eigenvalue weighted by Gasteiger charge is -2.41. The Morgan fingerprint density at radius 1 is 0.875 bits per heavy atom. The van der Waals surface area contributed by atoms with E-state index in [0.29, 0.717) is 23.3 Å². The summed E-state index contributed by atoms with van der Waals surface area (Å²) in [4.78, 5) is 25.0. The average Bonchev–Trinajstić information content (AvgIpc) is 3.57. The molecule has 1 amide bonds. The molecule has 0 unspecified atom stereocenters. The number of carbonyl (C=O) groups excluding carboxylic acids is 1. The number of carboxylic acid groups (broad SMARTS) is 1. The molecule has 0 saturated heterocycles. The van der Waals surface area contributed by atoms with Gasteiger partial charge in [-0.2, -0.15) is 0 Å². The summed E-state index contributed by atoms with van der Waals surface area (Å²) in [5, 5.41) is 12.7. The number of allylic oxidation sites excluding steroid dienone is 2. The van der Waals surface area contributed by atoms with E-state index in [4.69, 9.17) is 4.74 Å². The molecule has 32 heavy (non-hydrogen) atoms. The number of anilines is 1. The summed E-state index contributed by atoms with van der Waals surface area (Å²) in [5.74, 6) is 0.156. The minimum Gasteiger partial charge on any atom is -0.481 e. The normalized spacial score (nSPS) is 29.8. The van der Waals surface area contributed by atoms with Gasteiger partial charge in [0.25, 0.3) is 0 Å². The van der Waals surface area contributed by atoms with Gasteiger partial charge in [0, 0.05) is 5.69 Å². The summed E-state index contributed by atoms with van der Waals surface area (Å²) < 4.78 is 5.93. The summed E-state index contributed by atoms with van der Waals surface area (Å²) >= 11 is 0. The molecule has 4 aliphatic carbocycles. The molecule has 0 spiro atoms. The van der Waals surface area contributed by atoms with Crippen molar-refractivity contribution < 1.29 is 19.4 Å². The van der Waals surface area contributed by atoms with E-state index in [1.165, 1.54) is 5.56 Å². The highest BCUT2D eigenvalue weighted by Crippen LogP contribution is 2.63. The van der Waals surface area contributed by atoms with Gasteiger partial charge in [0.15, 0.2) is 0 Å². The summed E-state index contributed by atoms with van der Waals surface area (Å²) in [7, 11) is 0. The number of carboxylic acids is 1. The first-order chi connectivity index (χ1) is 15.2. The van der Waals surface area contributed by atoms with E-state index in [1.807, 2.05) is 30.3 Å². The molecular weight excluding hydrogens is 402 g/mol. The van der Waals surface area contributed by atoms with Crippen molar-refractivity contribution in [1.82, 2.24) is 0 Å². The van der Waals surface area contributed by atoms with E-state index in [1.54, 1.807) is 12.1 Å². The summed E-state index contributed by atoms with van der Waals surface area (Å²) in [6.45, 7) is 6.52.